The molecule has 0 amide bonds. The number of rotatable bonds is 8. The van der Waals surface area contributed by atoms with Crippen LogP contribution < -0.4 is 0 Å². The fourth-order valence-corrected chi connectivity index (χ4v) is 1.01. The van der Waals surface area contributed by atoms with Crippen molar-refractivity contribution >= 4 is 11.9 Å². The standard InChI is InChI=1S/C11H14N2O6/c1-11(8-18-16-2,19-10(15)4-6-13)7-17-9(14)3-5-12/h3-4,7-8H2,1-2H3. The summed E-state index contributed by atoms with van der Waals surface area (Å²) >= 11 is 0. The van der Waals surface area contributed by atoms with E-state index in [0.29, 0.717) is 0 Å². The van der Waals surface area contributed by atoms with Crippen molar-refractivity contribution in [2.24, 2.45) is 0 Å². The summed E-state index contributed by atoms with van der Waals surface area (Å²) in [5.41, 5.74) is -1.30. The zero-order valence-corrected chi connectivity index (χ0v) is 10.7. The molecule has 1 unspecified atom stereocenters. The summed E-state index contributed by atoms with van der Waals surface area (Å²) < 4.78 is 9.75. The van der Waals surface area contributed by atoms with E-state index in [4.69, 9.17) is 20.0 Å². The quantitative estimate of drug-likeness (QED) is 0.349. The predicted molar refractivity (Wildman–Crippen MR) is 58.9 cm³/mol. The third-order valence-electron chi connectivity index (χ3n) is 1.83. The van der Waals surface area contributed by atoms with Gasteiger partial charge in [0.15, 0.2) is 5.60 Å². The van der Waals surface area contributed by atoms with Gasteiger partial charge in [-0.3, -0.25) is 9.59 Å². The summed E-state index contributed by atoms with van der Waals surface area (Å²) in [5, 5.41) is 16.7. The Morgan fingerprint density at radius 1 is 1.11 bits per heavy atom. The van der Waals surface area contributed by atoms with Crippen LogP contribution in [0.1, 0.15) is 19.8 Å². The van der Waals surface area contributed by atoms with Crippen LogP contribution in [-0.2, 0) is 28.8 Å². The van der Waals surface area contributed by atoms with Gasteiger partial charge in [-0.1, -0.05) is 0 Å². The lowest BCUT2D eigenvalue weighted by Crippen LogP contribution is -2.42. The number of nitriles is 2. The van der Waals surface area contributed by atoms with Gasteiger partial charge in [0.25, 0.3) is 0 Å². The first kappa shape index (κ1) is 16.8. The lowest BCUT2D eigenvalue weighted by Gasteiger charge is -2.27. The van der Waals surface area contributed by atoms with E-state index in [2.05, 4.69) is 9.78 Å². The zero-order chi connectivity index (χ0) is 14.7. The maximum Gasteiger partial charge on any atom is 0.320 e. The number of ether oxygens (including phenoxy) is 2. The molecule has 0 saturated heterocycles. The molecule has 8 heteroatoms. The second-order valence-electron chi connectivity index (χ2n) is 3.68. The minimum absolute atomic E-state index is 0.194. The van der Waals surface area contributed by atoms with Gasteiger partial charge in [0.05, 0.1) is 19.2 Å². The zero-order valence-electron chi connectivity index (χ0n) is 10.7. The molecule has 0 aliphatic rings. The number of carbonyl (C=O) groups is 2. The number of hydrogen-bond acceptors (Lipinski definition) is 8. The van der Waals surface area contributed by atoms with Crippen LogP contribution in [0.5, 0.6) is 0 Å². The third-order valence-corrected chi connectivity index (χ3v) is 1.83. The van der Waals surface area contributed by atoms with E-state index in [1.807, 2.05) is 0 Å². The van der Waals surface area contributed by atoms with Gasteiger partial charge in [-0.05, 0) is 6.92 Å². The van der Waals surface area contributed by atoms with Crippen LogP contribution in [0.2, 0.25) is 0 Å². The second kappa shape index (κ2) is 8.86. The van der Waals surface area contributed by atoms with Crippen LogP contribution in [0.3, 0.4) is 0 Å². The van der Waals surface area contributed by atoms with Crippen molar-refractivity contribution in [2.45, 2.75) is 25.4 Å². The average molecular weight is 270 g/mol. The molecule has 0 aromatic carbocycles. The molecule has 0 aliphatic carbocycles. The molecule has 0 fully saturated rings. The summed E-state index contributed by atoms with van der Waals surface area (Å²) in [5.74, 6) is -1.52. The molecular formula is C11H14N2O6. The van der Waals surface area contributed by atoms with Crippen molar-refractivity contribution < 1.29 is 28.8 Å². The van der Waals surface area contributed by atoms with Gasteiger partial charge in [-0.2, -0.15) is 10.5 Å². The lowest BCUT2D eigenvalue weighted by molar-refractivity contribution is -0.300. The van der Waals surface area contributed by atoms with Gasteiger partial charge < -0.3 is 9.47 Å². The SMILES string of the molecule is COOCC(C)(COC(=O)CC#N)OC(=O)CC#N. The van der Waals surface area contributed by atoms with Crippen molar-refractivity contribution in [3.05, 3.63) is 0 Å². The molecular weight excluding hydrogens is 256 g/mol. The highest BCUT2D eigenvalue weighted by Gasteiger charge is 2.32. The van der Waals surface area contributed by atoms with E-state index in [1.54, 1.807) is 12.1 Å². The van der Waals surface area contributed by atoms with E-state index in [-0.39, 0.29) is 13.2 Å². The van der Waals surface area contributed by atoms with Crippen LogP contribution in [0.15, 0.2) is 0 Å². The molecule has 0 rings (SSSR count). The molecule has 104 valence electrons. The van der Waals surface area contributed by atoms with Crippen molar-refractivity contribution in [3.63, 3.8) is 0 Å². The van der Waals surface area contributed by atoms with E-state index >= 15 is 0 Å². The molecule has 0 N–H and O–H groups in total. The van der Waals surface area contributed by atoms with Gasteiger partial charge in [0, 0.05) is 0 Å². The van der Waals surface area contributed by atoms with Crippen LogP contribution in [0.4, 0.5) is 0 Å². The smallest absolute Gasteiger partial charge is 0.320 e. The summed E-state index contributed by atoms with van der Waals surface area (Å²) in [6, 6.07) is 3.26. The molecule has 19 heavy (non-hydrogen) atoms. The largest absolute Gasteiger partial charge is 0.461 e. The van der Waals surface area contributed by atoms with Crippen molar-refractivity contribution in [2.75, 3.05) is 20.3 Å². The van der Waals surface area contributed by atoms with Crippen molar-refractivity contribution in [3.8, 4) is 12.1 Å². The predicted octanol–water partition coefficient (Wildman–Crippen LogP) is 0.237. The average Bonchev–Trinajstić information content (AvgIpc) is 2.35. The Morgan fingerprint density at radius 3 is 2.21 bits per heavy atom. The maximum atomic E-state index is 11.3. The molecule has 1 atom stereocenters. The summed E-state index contributed by atoms with van der Waals surface area (Å²) in [4.78, 5) is 31.4. The maximum absolute atomic E-state index is 11.3. The van der Waals surface area contributed by atoms with Crippen LogP contribution in [0, 0.1) is 22.7 Å². The Hall–Kier alpha value is -2.16. The lowest BCUT2D eigenvalue weighted by atomic mass is 10.1. The van der Waals surface area contributed by atoms with Gasteiger partial charge in [0.1, 0.15) is 26.1 Å². The highest BCUT2D eigenvalue weighted by molar-refractivity contribution is 5.73. The molecule has 8 nitrogen and oxygen atoms in total. The minimum atomic E-state index is -1.30. The number of esters is 2. The summed E-state index contributed by atoms with van der Waals surface area (Å²) in [7, 11) is 1.26. The number of nitrogens with zero attached hydrogens (tertiary/aromatic N) is 2. The van der Waals surface area contributed by atoms with Crippen LogP contribution >= 0.6 is 0 Å². The first-order chi connectivity index (χ1) is 8.97. The van der Waals surface area contributed by atoms with Crippen molar-refractivity contribution in [1.82, 2.24) is 0 Å². The molecule has 0 radical (unpaired) electrons. The Morgan fingerprint density at radius 2 is 1.68 bits per heavy atom. The van der Waals surface area contributed by atoms with E-state index in [0.717, 1.165) is 0 Å². The fraction of sp³-hybridized carbons (Fsp3) is 0.636. The summed E-state index contributed by atoms with van der Waals surface area (Å²) in [6.45, 7) is 0.940. The van der Waals surface area contributed by atoms with Gasteiger partial charge in [-0.25, -0.2) is 9.78 Å². The minimum Gasteiger partial charge on any atom is -0.461 e. The molecule has 0 saturated carbocycles. The third kappa shape index (κ3) is 7.71. The molecule has 0 heterocycles. The van der Waals surface area contributed by atoms with E-state index in [9.17, 15) is 9.59 Å². The molecule has 0 spiro atoms. The number of carbonyl (C=O) groups excluding carboxylic acids is 2. The Balaban J connectivity index is 4.50. The van der Waals surface area contributed by atoms with Crippen LogP contribution in [-0.4, -0.2) is 37.9 Å². The van der Waals surface area contributed by atoms with E-state index in [1.165, 1.54) is 14.0 Å². The molecule has 0 bridgehead atoms. The van der Waals surface area contributed by atoms with E-state index < -0.39 is 30.4 Å². The summed E-state index contributed by atoms with van der Waals surface area (Å²) in [6.07, 6.45) is -0.845. The van der Waals surface area contributed by atoms with Gasteiger partial charge in [0.2, 0.25) is 0 Å². The second-order valence-corrected chi connectivity index (χ2v) is 3.68. The molecule has 0 aromatic rings. The van der Waals surface area contributed by atoms with Gasteiger partial charge >= 0.3 is 11.9 Å². The van der Waals surface area contributed by atoms with Crippen molar-refractivity contribution in [1.29, 1.82) is 10.5 Å². The highest BCUT2D eigenvalue weighted by Crippen LogP contribution is 2.14. The molecule has 0 aliphatic heterocycles. The fourth-order valence-electron chi connectivity index (χ4n) is 1.01. The molecule has 0 aromatic heterocycles. The first-order valence-corrected chi connectivity index (χ1v) is 5.24. The Labute approximate surface area is 110 Å². The Kier molecular flexibility index (Phi) is 7.85. The Bertz CT molecular complexity index is 397. The van der Waals surface area contributed by atoms with Gasteiger partial charge in [-0.15, -0.1) is 0 Å². The highest BCUT2D eigenvalue weighted by atomic mass is 17.2. The topological polar surface area (TPSA) is 119 Å². The van der Waals surface area contributed by atoms with Crippen LogP contribution in [0.25, 0.3) is 0 Å². The number of hydrogen-bond donors (Lipinski definition) is 0. The monoisotopic (exact) mass is 270 g/mol. The normalized spacial score (nSPS) is 12.6. The first-order valence-electron chi connectivity index (χ1n) is 5.24.